The third-order valence-electron chi connectivity index (χ3n) is 3.18. The Kier molecular flexibility index (Phi) is 5.46. The second-order valence-corrected chi connectivity index (χ2v) is 6.63. The number of ether oxygens (including phenoxy) is 1. The average molecular weight is 337 g/mol. The van der Waals surface area contributed by atoms with E-state index in [1.807, 2.05) is 31.2 Å². The zero-order chi connectivity index (χ0) is 16.9. The maximum Gasteiger partial charge on any atom is 0.321 e. The van der Waals surface area contributed by atoms with Crippen molar-refractivity contribution in [3.63, 3.8) is 0 Å². The highest BCUT2D eigenvalue weighted by Gasteiger charge is 2.16. The third kappa shape index (κ3) is 4.87. The van der Waals surface area contributed by atoms with Crippen LogP contribution in [0.4, 0.5) is 4.39 Å². The maximum absolute atomic E-state index is 12.8. The van der Waals surface area contributed by atoms with Crippen LogP contribution in [0.15, 0.2) is 53.4 Å². The van der Waals surface area contributed by atoms with Crippen LogP contribution in [0.5, 0.6) is 0 Å². The van der Waals surface area contributed by atoms with Crippen LogP contribution in [0, 0.1) is 12.7 Å². The number of rotatable bonds is 6. The predicted molar refractivity (Wildman–Crippen MR) is 82.6 cm³/mol. The number of aryl methyl sites for hydroxylation is 1. The first-order valence-corrected chi connectivity index (χ1v) is 8.32. The Morgan fingerprint density at radius 2 is 1.78 bits per heavy atom. The largest absolute Gasteiger partial charge is 0.460 e. The van der Waals surface area contributed by atoms with Crippen molar-refractivity contribution >= 4 is 16.0 Å². The molecule has 2 rings (SSSR count). The number of hydrogen-bond acceptors (Lipinski definition) is 4. The van der Waals surface area contributed by atoms with Crippen LogP contribution >= 0.6 is 0 Å². The number of carbonyl (C=O) groups excluding carboxylic acids is 1. The van der Waals surface area contributed by atoms with Gasteiger partial charge >= 0.3 is 5.97 Å². The van der Waals surface area contributed by atoms with Gasteiger partial charge in [-0.05, 0) is 42.3 Å². The monoisotopic (exact) mass is 337 g/mol. The highest BCUT2D eigenvalue weighted by atomic mass is 32.2. The minimum atomic E-state index is -3.88. The molecule has 0 aromatic heterocycles. The molecule has 0 aliphatic rings. The van der Waals surface area contributed by atoms with Crippen molar-refractivity contribution in [2.24, 2.45) is 0 Å². The van der Waals surface area contributed by atoms with Gasteiger partial charge in [-0.1, -0.05) is 24.3 Å². The normalized spacial score (nSPS) is 11.2. The van der Waals surface area contributed by atoms with Gasteiger partial charge in [0.15, 0.2) is 0 Å². The highest BCUT2D eigenvalue weighted by molar-refractivity contribution is 7.89. The molecule has 0 amide bonds. The highest BCUT2D eigenvalue weighted by Crippen LogP contribution is 2.10. The quantitative estimate of drug-likeness (QED) is 0.820. The lowest BCUT2D eigenvalue weighted by atomic mass is 10.1. The lowest BCUT2D eigenvalue weighted by Gasteiger charge is -2.09. The Morgan fingerprint density at radius 1 is 1.13 bits per heavy atom. The minimum absolute atomic E-state index is 0.0732. The SMILES string of the molecule is Cc1ccccc1COC(=O)CNS(=O)(=O)c1ccc(F)cc1. The molecular formula is C16H16FNO4S. The van der Waals surface area contributed by atoms with Crippen LogP contribution in [0.25, 0.3) is 0 Å². The fourth-order valence-electron chi connectivity index (χ4n) is 1.83. The summed E-state index contributed by atoms with van der Waals surface area (Å²) in [5.41, 5.74) is 1.83. The van der Waals surface area contributed by atoms with Crippen molar-refractivity contribution in [1.82, 2.24) is 4.72 Å². The first kappa shape index (κ1) is 17.1. The Labute approximate surface area is 134 Å². The van der Waals surface area contributed by atoms with Gasteiger partial charge in [-0.3, -0.25) is 4.79 Å². The molecule has 0 saturated carbocycles. The Hall–Kier alpha value is -2.25. The van der Waals surface area contributed by atoms with Crippen LogP contribution in [-0.4, -0.2) is 20.9 Å². The first-order chi connectivity index (χ1) is 10.9. The Balaban J connectivity index is 1.89. The van der Waals surface area contributed by atoms with Crippen molar-refractivity contribution < 1.29 is 22.3 Å². The summed E-state index contributed by atoms with van der Waals surface area (Å²) in [6.45, 7) is 1.47. The van der Waals surface area contributed by atoms with Gasteiger partial charge in [0.25, 0.3) is 0 Å². The van der Waals surface area contributed by atoms with Crippen molar-refractivity contribution in [3.8, 4) is 0 Å². The predicted octanol–water partition coefficient (Wildman–Crippen LogP) is 2.16. The molecule has 0 radical (unpaired) electrons. The molecule has 0 fully saturated rings. The van der Waals surface area contributed by atoms with E-state index in [1.165, 1.54) is 0 Å². The van der Waals surface area contributed by atoms with Gasteiger partial charge in [0, 0.05) is 0 Å². The summed E-state index contributed by atoms with van der Waals surface area (Å²) in [4.78, 5) is 11.5. The molecule has 0 saturated heterocycles. The molecule has 0 heterocycles. The van der Waals surface area contributed by atoms with E-state index in [1.54, 1.807) is 0 Å². The number of benzene rings is 2. The van der Waals surface area contributed by atoms with Crippen molar-refractivity contribution in [3.05, 3.63) is 65.5 Å². The summed E-state index contributed by atoms with van der Waals surface area (Å²) < 4.78 is 43.8. The maximum atomic E-state index is 12.8. The molecule has 23 heavy (non-hydrogen) atoms. The number of carbonyl (C=O) groups is 1. The second kappa shape index (κ2) is 7.34. The number of sulfonamides is 1. The number of esters is 1. The van der Waals surface area contributed by atoms with Gasteiger partial charge in [-0.25, -0.2) is 12.8 Å². The van der Waals surface area contributed by atoms with E-state index in [0.29, 0.717) is 0 Å². The number of hydrogen-bond donors (Lipinski definition) is 1. The van der Waals surface area contributed by atoms with Crippen molar-refractivity contribution in [1.29, 1.82) is 0 Å². The molecule has 0 spiro atoms. The standard InChI is InChI=1S/C16H16FNO4S/c1-12-4-2-3-5-13(12)11-22-16(19)10-18-23(20,21)15-8-6-14(17)7-9-15/h2-9,18H,10-11H2,1H3. The molecule has 2 aromatic rings. The summed E-state index contributed by atoms with van der Waals surface area (Å²) in [5, 5.41) is 0. The Morgan fingerprint density at radius 3 is 2.43 bits per heavy atom. The van der Waals surface area contributed by atoms with E-state index < -0.39 is 28.4 Å². The summed E-state index contributed by atoms with van der Waals surface area (Å²) in [6.07, 6.45) is 0. The number of nitrogens with one attached hydrogen (secondary N) is 1. The first-order valence-electron chi connectivity index (χ1n) is 6.84. The summed E-state index contributed by atoms with van der Waals surface area (Å²) in [7, 11) is -3.88. The molecule has 122 valence electrons. The minimum Gasteiger partial charge on any atom is -0.460 e. The van der Waals surface area contributed by atoms with E-state index in [9.17, 15) is 17.6 Å². The van der Waals surface area contributed by atoms with Crippen LogP contribution < -0.4 is 4.72 Å². The lowest BCUT2D eigenvalue weighted by molar-refractivity contribution is -0.143. The Bertz CT molecular complexity index is 788. The van der Waals surface area contributed by atoms with Crippen LogP contribution in [-0.2, 0) is 26.2 Å². The van der Waals surface area contributed by atoms with Gasteiger partial charge in [-0.2, -0.15) is 4.72 Å². The lowest BCUT2D eigenvalue weighted by Crippen LogP contribution is -2.30. The second-order valence-electron chi connectivity index (χ2n) is 4.87. The van der Waals surface area contributed by atoms with Gasteiger partial charge in [0.2, 0.25) is 10.0 Å². The molecule has 2 aromatic carbocycles. The summed E-state index contributed by atoms with van der Waals surface area (Å²) >= 11 is 0. The van der Waals surface area contributed by atoms with E-state index in [2.05, 4.69) is 4.72 Å². The summed E-state index contributed by atoms with van der Waals surface area (Å²) in [6, 6.07) is 11.7. The van der Waals surface area contributed by atoms with E-state index in [-0.39, 0.29) is 11.5 Å². The van der Waals surface area contributed by atoms with E-state index in [0.717, 1.165) is 35.4 Å². The summed E-state index contributed by atoms with van der Waals surface area (Å²) in [5.74, 6) is -1.24. The topological polar surface area (TPSA) is 72.5 Å². The molecule has 0 aliphatic carbocycles. The molecule has 0 bridgehead atoms. The van der Waals surface area contributed by atoms with Gasteiger partial charge in [-0.15, -0.1) is 0 Å². The van der Waals surface area contributed by atoms with Crippen LogP contribution in [0.2, 0.25) is 0 Å². The van der Waals surface area contributed by atoms with Crippen molar-refractivity contribution in [2.75, 3.05) is 6.54 Å². The van der Waals surface area contributed by atoms with Crippen molar-refractivity contribution in [2.45, 2.75) is 18.4 Å². The number of halogens is 1. The molecular weight excluding hydrogens is 321 g/mol. The van der Waals surface area contributed by atoms with Gasteiger partial charge < -0.3 is 4.74 Å². The smallest absolute Gasteiger partial charge is 0.321 e. The van der Waals surface area contributed by atoms with Crippen LogP contribution in [0.1, 0.15) is 11.1 Å². The molecule has 0 atom stereocenters. The fraction of sp³-hybridized carbons (Fsp3) is 0.188. The zero-order valence-electron chi connectivity index (χ0n) is 12.5. The van der Waals surface area contributed by atoms with Crippen LogP contribution in [0.3, 0.4) is 0 Å². The molecule has 7 heteroatoms. The molecule has 0 aliphatic heterocycles. The zero-order valence-corrected chi connectivity index (χ0v) is 13.3. The van der Waals surface area contributed by atoms with Gasteiger partial charge in [0.05, 0.1) is 4.90 Å². The van der Waals surface area contributed by atoms with E-state index in [4.69, 9.17) is 4.74 Å². The van der Waals surface area contributed by atoms with E-state index >= 15 is 0 Å². The van der Waals surface area contributed by atoms with Gasteiger partial charge in [0.1, 0.15) is 19.0 Å². The molecule has 1 N–H and O–H groups in total. The third-order valence-corrected chi connectivity index (χ3v) is 4.60. The fourth-order valence-corrected chi connectivity index (χ4v) is 2.80. The molecule has 5 nitrogen and oxygen atoms in total. The molecule has 0 unspecified atom stereocenters. The average Bonchev–Trinajstić information content (AvgIpc) is 2.53.